The molecule has 0 aliphatic carbocycles. The number of carbonyl (C=O) groups is 1. The first-order valence-corrected chi connectivity index (χ1v) is 10.9. The molecule has 0 aliphatic heterocycles. The summed E-state index contributed by atoms with van der Waals surface area (Å²) in [4.78, 5) is 21.8. The van der Waals surface area contributed by atoms with Gasteiger partial charge in [-0.15, -0.1) is 12.4 Å². The summed E-state index contributed by atoms with van der Waals surface area (Å²) in [5.41, 5.74) is 1.94. The van der Waals surface area contributed by atoms with Crippen molar-refractivity contribution < 1.29 is 14.3 Å². The summed E-state index contributed by atoms with van der Waals surface area (Å²) in [6.45, 7) is 3.90. The summed E-state index contributed by atoms with van der Waals surface area (Å²) in [5.74, 6) is 1.51. The average molecular weight is 464 g/mol. The van der Waals surface area contributed by atoms with E-state index in [-0.39, 0.29) is 18.3 Å². The monoisotopic (exact) mass is 463 g/mol. The summed E-state index contributed by atoms with van der Waals surface area (Å²) in [6, 6.07) is 13.5. The van der Waals surface area contributed by atoms with Gasteiger partial charge in [-0.3, -0.25) is 9.69 Å². The minimum atomic E-state index is 0. The molecule has 0 bridgehead atoms. The number of fused-ring (bicyclic) bond motifs is 1. The van der Waals surface area contributed by atoms with Gasteiger partial charge in [0.2, 0.25) is 5.91 Å². The Kier molecular flexibility index (Phi) is 9.55. The third kappa shape index (κ3) is 6.56. The summed E-state index contributed by atoms with van der Waals surface area (Å²) in [7, 11) is 5.71. The van der Waals surface area contributed by atoms with Crippen molar-refractivity contribution in [3.8, 4) is 11.5 Å². The highest BCUT2D eigenvalue weighted by molar-refractivity contribution is 7.22. The van der Waals surface area contributed by atoms with Gasteiger partial charge >= 0.3 is 0 Å². The first-order valence-electron chi connectivity index (χ1n) is 10.1. The van der Waals surface area contributed by atoms with Crippen LogP contribution in [0.5, 0.6) is 11.5 Å². The fraction of sp³-hybridized carbons (Fsp3) is 0.391. The number of thiazole rings is 1. The number of nitrogens with zero attached hydrogens (tertiary/aromatic N) is 3. The number of rotatable bonds is 10. The molecule has 0 fully saturated rings. The number of halogens is 1. The molecule has 1 amide bonds. The van der Waals surface area contributed by atoms with Gasteiger partial charge in [0.25, 0.3) is 0 Å². The Bertz CT molecular complexity index is 979. The fourth-order valence-electron chi connectivity index (χ4n) is 3.16. The SMILES string of the molecule is COc1ccc(C)c2sc(N(CCCN(C)C)C(=O)CCOc3ccccc3)nc12.Cl. The Morgan fingerprint density at radius 3 is 2.52 bits per heavy atom. The molecule has 8 heteroatoms. The molecule has 0 spiro atoms. The van der Waals surface area contributed by atoms with Crippen molar-refractivity contribution >= 4 is 45.0 Å². The molecule has 6 nitrogen and oxygen atoms in total. The first kappa shape index (κ1) is 24.9. The molecule has 1 aromatic heterocycles. The van der Waals surface area contributed by atoms with Crippen LogP contribution in [0.4, 0.5) is 5.13 Å². The Balaban J connectivity index is 0.00000341. The van der Waals surface area contributed by atoms with E-state index in [1.165, 1.54) is 11.3 Å². The van der Waals surface area contributed by atoms with Gasteiger partial charge in [0, 0.05) is 6.54 Å². The van der Waals surface area contributed by atoms with Crippen LogP contribution in [-0.4, -0.2) is 56.7 Å². The second-order valence-electron chi connectivity index (χ2n) is 7.37. The lowest BCUT2D eigenvalue weighted by Crippen LogP contribution is -2.34. The van der Waals surface area contributed by atoms with E-state index >= 15 is 0 Å². The Morgan fingerprint density at radius 2 is 1.84 bits per heavy atom. The number of para-hydroxylation sites is 1. The number of aromatic nitrogens is 1. The second kappa shape index (κ2) is 11.9. The lowest BCUT2D eigenvalue weighted by Gasteiger charge is -2.21. The van der Waals surface area contributed by atoms with Crippen LogP contribution in [0.3, 0.4) is 0 Å². The van der Waals surface area contributed by atoms with Crippen molar-refractivity contribution in [3.05, 3.63) is 48.0 Å². The van der Waals surface area contributed by atoms with Crippen molar-refractivity contribution in [1.82, 2.24) is 9.88 Å². The van der Waals surface area contributed by atoms with Gasteiger partial charge < -0.3 is 14.4 Å². The number of aryl methyl sites for hydroxylation is 1. The number of carbonyl (C=O) groups excluding carboxylic acids is 1. The Labute approximate surface area is 194 Å². The molecule has 0 atom stereocenters. The van der Waals surface area contributed by atoms with Crippen molar-refractivity contribution in [3.63, 3.8) is 0 Å². The Hall–Kier alpha value is -2.35. The van der Waals surface area contributed by atoms with Crippen LogP contribution in [0.15, 0.2) is 42.5 Å². The molecule has 3 rings (SSSR count). The van der Waals surface area contributed by atoms with E-state index < -0.39 is 0 Å². The van der Waals surface area contributed by atoms with Crippen molar-refractivity contribution in [2.45, 2.75) is 19.8 Å². The van der Waals surface area contributed by atoms with E-state index in [4.69, 9.17) is 14.5 Å². The normalized spacial score (nSPS) is 10.7. The molecule has 0 N–H and O–H groups in total. The summed E-state index contributed by atoms with van der Waals surface area (Å²) < 4.78 is 12.3. The van der Waals surface area contributed by atoms with Gasteiger partial charge in [-0.05, 0) is 57.7 Å². The first-order chi connectivity index (χ1) is 14.5. The maximum atomic E-state index is 13.1. The molecular formula is C23H30ClN3O3S. The number of benzene rings is 2. The van der Waals surface area contributed by atoms with E-state index in [1.807, 2.05) is 56.6 Å². The van der Waals surface area contributed by atoms with Crippen molar-refractivity contribution in [2.75, 3.05) is 45.8 Å². The fourth-order valence-corrected chi connectivity index (χ4v) is 4.25. The van der Waals surface area contributed by atoms with Crippen molar-refractivity contribution in [2.24, 2.45) is 0 Å². The van der Waals surface area contributed by atoms with E-state index in [2.05, 4.69) is 11.8 Å². The molecule has 3 aromatic rings. The molecule has 0 radical (unpaired) electrons. The average Bonchev–Trinajstić information content (AvgIpc) is 3.18. The zero-order chi connectivity index (χ0) is 21.5. The van der Waals surface area contributed by atoms with Gasteiger partial charge in [-0.1, -0.05) is 35.6 Å². The van der Waals surface area contributed by atoms with Crippen LogP contribution in [0.2, 0.25) is 0 Å². The van der Waals surface area contributed by atoms with Gasteiger partial charge in [0.15, 0.2) is 5.13 Å². The van der Waals surface area contributed by atoms with Gasteiger partial charge in [0.05, 0.1) is 24.8 Å². The molecule has 31 heavy (non-hydrogen) atoms. The smallest absolute Gasteiger partial charge is 0.232 e. The number of ether oxygens (including phenoxy) is 2. The summed E-state index contributed by atoms with van der Waals surface area (Å²) in [5, 5.41) is 0.709. The maximum Gasteiger partial charge on any atom is 0.232 e. The molecule has 1 heterocycles. The summed E-state index contributed by atoms with van der Waals surface area (Å²) in [6.07, 6.45) is 1.16. The van der Waals surface area contributed by atoms with E-state index in [9.17, 15) is 4.79 Å². The molecule has 0 unspecified atom stereocenters. The van der Waals surface area contributed by atoms with Gasteiger partial charge in [-0.25, -0.2) is 4.98 Å². The molecular weight excluding hydrogens is 434 g/mol. The molecule has 0 saturated heterocycles. The molecule has 0 aliphatic rings. The van der Waals surface area contributed by atoms with Crippen LogP contribution in [0.25, 0.3) is 10.2 Å². The molecule has 168 valence electrons. The van der Waals surface area contributed by atoms with Gasteiger partial charge in [0.1, 0.15) is 17.0 Å². The number of amides is 1. The summed E-state index contributed by atoms with van der Waals surface area (Å²) >= 11 is 1.54. The molecule has 2 aromatic carbocycles. The lowest BCUT2D eigenvalue weighted by molar-refractivity contribution is -0.119. The van der Waals surface area contributed by atoms with Crippen LogP contribution in [0.1, 0.15) is 18.4 Å². The van der Waals surface area contributed by atoms with Crippen LogP contribution in [-0.2, 0) is 4.79 Å². The van der Waals surface area contributed by atoms with E-state index in [1.54, 1.807) is 12.0 Å². The lowest BCUT2D eigenvalue weighted by atomic mass is 10.2. The largest absolute Gasteiger partial charge is 0.494 e. The number of hydrogen-bond donors (Lipinski definition) is 0. The predicted octanol–water partition coefficient (Wildman–Crippen LogP) is 4.79. The van der Waals surface area contributed by atoms with E-state index in [0.29, 0.717) is 24.7 Å². The van der Waals surface area contributed by atoms with Gasteiger partial charge in [-0.2, -0.15) is 0 Å². The zero-order valence-electron chi connectivity index (χ0n) is 18.5. The third-order valence-corrected chi connectivity index (χ3v) is 5.97. The van der Waals surface area contributed by atoms with Crippen LogP contribution < -0.4 is 14.4 Å². The number of hydrogen-bond acceptors (Lipinski definition) is 6. The zero-order valence-corrected chi connectivity index (χ0v) is 20.1. The third-order valence-electron chi connectivity index (χ3n) is 4.76. The topological polar surface area (TPSA) is 54.9 Å². The number of methoxy groups -OCH3 is 1. The maximum absolute atomic E-state index is 13.1. The highest BCUT2D eigenvalue weighted by atomic mass is 35.5. The number of anilines is 1. The minimum Gasteiger partial charge on any atom is -0.494 e. The standard InChI is InChI=1S/C23H29N3O3S.ClH/c1-17-11-12-19(28-4)21-22(17)30-23(24-21)26(15-8-14-25(2)3)20(27)13-16-29-18-9-6-5-7-10-18;/h5-7,9-12H,8,13-16H2,1-4H3;1H. The minimum absolute atomic E-state index is 0. The molecule has 0 saturated carbocycles. The highest BCUT2D eigenvalue weighted by Crippen LogP contribution is 2.36. The van der Waals surface area contributed by atoms with E-state index in [0.717, 1.165) is 40.2 Å². The Morgan fingerprint density at radius 1 is 1.10 bits per heavy atom. The predicted molar refractivity (Wildman–Crippen MR) is 130 cm³/mol. The highest BCUT2D eigenvalue weighted by Gasteiger charge is 2.21. The van der Waals surface area contributed by atoms with Crippen LogP contribution >= 0.6 is 23.7 Å². The second-order valence-corrected chi connectivity index (χ2v) is 8.35. The quantitative estimate of drug-likeness (QED) is 0.432. The van der Waals surface area contributed by atoms with Crippen LogP contribution in [0, 0.1) is 6.92 Å². The van der Waals surface area contributed by atoms with Crippen molar-refractivity contribution in [1.29, 1.82) is 0 Å².